The number of aliphatic hydroxyl groups excluding tert-OH is 1. The number of carbonyl (C=O) groups excluding carboxylic acids is 1. The molecule has 0 aromatic rings. The minimum atomic E-state index is -0.452. The molecule has 0 saturated carbocycles. The molecule has 1 atom stereocenters. The predicted octanol–water partition coefficient (Wildman–Crippen LogP) is 1.51. The lowest BCUT2D eigenvalue weighted by molar-refractivity contribution is 0.0528. The van der Waals surface area contributed by atoms with Crippen LogP contribution < -0.4 is 10.6 Å². The summed E-state index contributed by atoms with van der Waals surface area (Å²) in [5.41, 5.74) is -0.452. The maximum atomic E-state index is 11.3. The van der Waals surface area contributed by atoms with Gasteiger partial charge in [-0.05, 0) is 39.7 Å². The maximum Gasteiger partial charge on any atom is 0.407 e. The monoisotopic (exact) mass is 260 g/mol. The number of ether oxygens (including phenoxy) is 1. The Bertz CT molecular complexity index is 227. The fraction of sp³-hybridized carbons (Fsp3) is 0.923. The molecule has 0 aromatic carbocycles. The lowest BCUT2D eigenvalue weighted by Gasteiger charge is -2.20. The van der Waals surface area contributed by atoms with Crippen LogP contribution in [0.4, 0.5) is 4.79 Å². The zero-order chi connectivity index (χ0) is 14.0. The molecule has 1 unspecified atom stereocenters. The van der Waals surface area contributed by atoms with Gasteiger partial charge < -0.3 is 20.5 Å². The Kier molecular flexibility index (Phi) is 8.75. The first-order valence-electron chi connectivity index (χ1n) is 6.67. The topological polar surface area (TPSA) is 70.6 Å². The zero-order valence-corrected chi connectivity index (χ0v) is 12.1. The SMILES string of the molecule is CCC(CCO)CNCCNC(=O)OC(C)(C)C. The van der Waals surface area contributed by atoms with Gasteiger partial charge in [0.1, 0.15) is 5.60 Å². The molecule has 0 aliphatic carbocycles. The summed E-state index contributed by atoms with van der Waals surface area (Å²) < 4.78 is 5.11. The van der Waals surface area contributed by atoms with E-state index in [2.05, 4.69) is 17.6 Å². The van der Waals surface area contributed by atoms with Gasteiger partial charge in [-0.1, -0.05) is 13.3 Å². The molecule has 0 spiro atoms. The van der Waals surface area contributed by atoms with Crippen LogP contribution in [0, 0.1) is 5.92 Å². The summed E-state index contributed by atoms with van der Waals surface area (Å²) in [5, 5.41) is 14.8. The van der Waals surface area contributed by atoms with Crippen molar-refractivity contribution in [2.24, 2.45) is 5.92 Å². The number of alkyl carbamates (subject to hydrolysis) is 1. The fourth-order valence-corrected chi connectivity index (χ4v) is 1.51. The molecule has 1 amide bonds. The lowest BCUT2D eigenvalue weighted by atomic mass is 10.0. The molecule has 18 heavy (non-hydrogen) atoms. The van der Waals surface area contributed by atoms with E-state index < -0.39 is 5.60 Å². The number of carbonyl (C=O) groups is 1. The second-order valence-corrected chi connectivity index (χ2v) is 5.42. The molecule has 5 heteroatoms. The highest BCUT2D eigenvalue weighted by Crippen LogP contribution is 2.06. The summed E-state index contributed by atoms with van der Waals surface area (Å²) in [4.78, 5) is 11.3. The number of hydrogen-bond acceptors (Lipinski definition) is 4. The number of aliphatic hydroxyl groups is 1. The van der Waals surface area contributed by atoms with Crippen LogP contribution in [-0.2, 0) is 4.74 Å². The third-order valence-electron chi connectivity index (χ3n) is 2.52. The van der Waals surface area contributed by atoms with Crippen molar-refractivity contribution >= 4 is 6.09 Å². The van der Waals surface area contributed by atoms with Crippen molar-refractivity contribution in [3.05, 3.63) is 0 Å². The van der Waals surface area contributed by atoms with Crippen molar-refractivity contribution in [2.45, 2.75) is 46.1 Å². The van der Waals surface area contributed by atoms with Crippen molar-refractivity contribution in [2.75, 3.05) is 26.2 Å². The van der Waals surface area contributed by atoms with Gasteiger partial charge in [0.15, 0.2) is 0 Å². The van der Waals surface area contributed by atoms with Crippen molar-refractivity contribution in [1.29, 1.82) is 0 Å². The third-order valence-corrected chi connectivity index (χ3v) is 2.52. The molecule has 3 N–H and O–H groups in total. The maximum absolute atomic E-state index is 11.3. The van der Waals surface area contributed by atoms with Gasteiger partial charge in [0.2, 0.25) is 0 Å². The molecule has 0 rings (SSSR count). The molecule has 5 nitrogen and oxygen atoms in total. The Balaban J connectivity index is 3.53. The van der Waals surface area contributed by atoms with Crippen LogP contribution in [0.15, 0.2) is 0 Å². The Morgan fingerprint density at radius 2 is 2.00 bits per heavy atom. The first-order valence-corrected chi connectivity index (χ1v) is 6.67. The highest BCUT2D eigenvalue weighted by molar-refractivity contribution is 5.67. The van der Waals surface area contributed by atoms with Crippen molar-refractivity contribution in [3.63, 3.8) is 0 Å². The standard InChI is InChI=1S/C13H28N2O3/c1-5-11(6-9-16)10-14-7-8-15-12(17)18-13(2,3)4/h11,14,16H,5-10H2,1-4H3,(H,15,17). The minimum Gasteiger partial charge on any atom is -0.444 e. The van der Waals surface area contributed by atoms with E-state index in [4.69, 9.17) is 9.84 Å². The van der Waals surface area contributed by atoms with Gasteiger partial charge in [-0.2, -0.15) is 0 Å². The summed E-state index contributed by atoms with van der Waals surface area (Å²) in [6, 6.07) is 0. The molecule has 0 aromatic heterocycles. The molecular formula is C13H28N2O3. The first-order chi connectivity index (χ1) is 8.39. The molecule has 0 saturated heterocycles. The molecule has 0 aliphatic heterocycles. The zero-order valence-electron chi connectivity index (χ0n) is 12.1. The van der Waals surface area contributed by atoms with Crippen molar-refractivity contribution < 1.29 is 14.6 Å². The highest BCUT2D eigenvalue weighted by Gasteiger charge is 2.15. The molecule has 0 bridgehead atoms. The fourth-order valence-electron chi connectivity index (χ4n) is 1.51. The number of hydrogen-bond donors (Lipinski definition) is 3. The molecular weight excluding hydrogens is 232 g/mol. The van der Waals surface area contributed by atoms with Gasteiger partial charge in [-0.25, -0.2) is 4.79 Å². The van der Waals surface area contributed by atoms with Crippen LogP contribution in [0.3, 0.4) is 0 Å². The summed E-state index contributed by atoms with van der Waals surface area (Å²) in [7, 11) is 0. The largest absolute Gasteiger partial charge is 0.444 e. The van der Waals surface area contributed by atoms with E-state index in [9.17, 15) is 4.79 Å². The molecule has 108 valence electrons. The highest BCUT2D eigenvalue weighted by atomic mass is 16.6. The van der Waals surface area contributed by atoms with Crippen LogP contribution in [0.2, 0.25) is 0 Å². The smallest absolute Gasteiger partial charge is 0.407 e. The summed E-state index contributed by atoms with van der Waals surface area (Å²) in [5.74, 6) is 0.497. The van der Waals surface area contributed by atoms with Gasteiger partial charge in [0.05, 0.1) is 0 Å². The Morgan fingerprint density at radius 1 is 1.33 bits per heavy atom. The predicted molar refractivity (Wildman–Crippen MR) is 72.6 cm³/mol. The average Bonchev–Trinajstić information content (AvgIpc) is 2.24. The number of amides is 1. The molecule has 0 aliphatic rings. The second-order valence-electron chi connectivity index (χ2n) is 5.42. The number of rotatable bonds is 8. The summed E-state index contributed by atoms with van der Waals surface area (Å²) >= 11 is 0. The van der Waals surface area contributed by atoms with Crippen molar-refractivity contribution in [1.82, 2.24) is 10.6 Å². The third kappa shape index (κ3) is 10.4. The summed E-state index contributed by atoms with van der Waals surface area (Å²) in [6.45, 7) is 9.98. The van der Waals surface area contributed by atoms with E-state index in [0.29, 0.717) is 19.0 Å². The quantitative estimate of drug-likeness (QED) is 0.579. The first kappa shape index (κ1) is 17.2. The lowest BCUT2D eigenvalue weighted by Crippen LogP contribution is -2.37. The van der Waals surface area contributed by atoms with Crippen LogP contribution in [0.25, 0.3) is 0 Å². The Morgan fingerprint density at radius 3 is 2.50 bits per heavy atom. The van der Waals surface area contributed by atoms with Gasteiger partial charge in [0.25, 0.3) is 0 Å². The minimum absolute atomic E-state index is 0.232. The molecule has 0 fully saturated rings. The van der Waals surface area contributed by atoms with E-state index in [1.165, 1.54) is 0 Å². The van der Waals surface area contributed by atoms with Gasteiger partial charge in [-0.3, -0.25) is 0 Å². The second kappa shape index (κ2) is 9.16. The average molecular weight is 260 g/mol. The van der Waals surface area contributed by atoms with Crippen LogP contribution >= 0.6 is 0 Å². The Labute approximate surface area is 110 Å². The van der Waals surface area contributed by atoms with Crippen LogP contribution in [-0.4, -0.2) is 43.0 Å². The Hall–Kier alpha value is -0.810. The molecule has 0 heterocycles. The van der Waals surface area contributed by atoms with Gasteiger partial charge in [0, 0.05) is 19.7 Å². The van der Waals surface area contributed by atoms with Crippen molar-refractivity contribution in [3.8, 4) is 0 Å². The van der Waals surface area contributed by atoms with E-state index in [0.717, 1.165) is 19.4 Å². The normalized spacial score (nSPS) is 13.2. The summed E-state index contributed by atoms with van der Waals surface area (Å²) in [6.07, 6.45) is 1.49. The number of nitrogens with one attached hydrogen (secondary N) is 2. The van der Waals surface area contributed by atoms with E-state index in [1.54, 1.807) is 0 Å². The van der Waals surface area contributed by atoms with E-state index >= 15 is 0 Å². The molecule has 0 radical (unpaired) electrons. The van der Waals surface area contributed by atoms with Gasteiger partial charge in [-0.15, -0.1) is 0 Å². The van der Waals surface area contributed by atoms with E-state index in [1.807, 2.05) is 20.8 Å². The van der Waals surface area contributed by atoms with E-state index in [-0.39, 0.29) is 12.7 Å². The van der Waals surface area contributed by atoms with Crippen LogP contribution in [0.1, 0.15) is 40.5 Å². The van der Waals surface area contributed by atoms with Crippen LogP contribution in [0.5, 0.6) is 0 Å². The van der Waals surface area contributed by atoms with Gasteiger partial charge >= 0.3 is 6.09 Å².